The highest BCUT2D eigenvalue weighted by Crippen LogP contribution is 2.18. The topological polar surface area (TPSA) is 70.1 Å². The second-order valence-electron chi connectivity index (χ2n) is 3.94. The zero-order valence-electron chi connectivity index (χ0n) is 10.5. The third-order valence-electron chi connectivity index (χ3n) is 2.55. The van der Waals surface area contributed by atoms with Crippen LogP contribution in [0.2, 0.25) is 0 Å². The SMILES string of the molecule is CCOC(=O)c1nn(Cc2ccccc2Br)cc1N. The molecule has 0 amide bonds. The second-order valence-corrected chi connectivity index (χ2v) is 4.80. The molecule has 0 atom stereocenters. The molecule has 2 N–H and O–H groups in total. The van der Waals surface area contributed by atoms with Gasteiger partial charge in [0.15, 0.2) is 5.69 Å². The standard InChI is InChI=1S/C13H14BrN3O2/c1-2-19-13(18)12-11(15)8-17(16-12)7-9-5-3-4-6-10(9)14/h3-6,8H,2,7,15H2,1H3. The number of hydrogen-bond donors (Lipinski definition) is 1. The first-order valence-corrected chi connectivity index (χ1v) is 6.64. The second kappa shape index (κ2) is 5.88. The lowest BCUT2D eigenvalue weighted by Gasteiger charge is -2.04. The van der Waals surface area contributed by atoms with Gasteiger partial charge in [0.2, 0.25) is 0 Å². The molecule has 0 aliphatic rings. The van der Waals surface area contributed by atoms with Gasteiger partial charge in [0.1, 0.15) is 0 Å². The van der Waals surface area contributed by atoms with Gasteiger partial charge < -0.3 is 10.5 Å². The number of nitrogen functional groups attached to an aromatic ring is 1. The zero-order valence-corrected chi connectivity index (χ0v) is 12.1. The van der Waals surface area contributed by atoms with Gasteiger partial charge in [0.05, 0.1) is 18.8 Å². The Labute approximate surface area is 119 Å². The van der Waals surface area contributed by atoms with Crippen LogP contribution in [-0.4, -0.2) is 22.4 Å². The van der Waals surface area contributed by atoms with Gasteiger partial charge in [-0.25, -0.2) is 4.79 Å². The lowest BCUT2D eigenvalue weighted by Crippen LogP contribution is -2.09. The van der Waals surface area contributed by atoms with Crippen LogP contribution >= 0.6 is 15.9 Å². The Morgan fingerprint density at radius 2 is 2.21 bits per heavy atom. The van der Waals surface area contributed by atoms with Gasteiger partial charge in [-0.1, -0.05) is 34.1 Å². The monoisotopic (exact) mass is 323 g/mol. The van der Waals surface area contributed by atoms with Gasteiger partial charge in [-0.15, -0.1) is 0 Å². The minimum absolute atomic E-state index is 0.161. The number of carbonyl (C=O) groups excluding carboxylic acids is 1. The van der Waals surface area contributed by atoms with Gasteiger partial charge >= 0.3 is 5.97 Å². The highest BCUT2D eigenvalue weighted by Gasteiger charge is 2.16. The molecule has 0 aliphatic heterocycles. The van der Waals surface area contributed by atoms with E-state index in [0.29, 0.717) is 18.8 Å². The molecule has 0 bridgehead atoms. The van der Waals surface area contributed by atoms with Crippen molar-refractivity contribution in [3.8, 4) is 0 Å². The highest BCUT2D eigenvalue weighted by atomic mass is 79.9. The summed E-state index contributed by atoms with van der Waals surface area (Å²) in [6.45, 7) is 2.58. The predicted octanol–water partition coefficient (Wildman–Crippen LogP) is 2.45. The maximum atomic E-state index is 11.6. The van der Waals surface area contributed by atoms with Crippen molar-refractivity contribution in [3.05, 3.63) is 46.2 Å². The van der Waals surface area contributed by atoms with Crippen molar-refractivity contribution in [2.24, 2.45) is 0 Å². The fourth-order valence-electron chi connectivity index (χ4n) is 1.68. The number of rotatable bonds is 4. The van der Waals surface area contributed by atoms with Crippen LogP contribution in [0.25, 0.3) is 0 Å². The number of carbonyl (C=O) groups is 1. The van der Waals surface area contributed by atoms with E-state index < -0.39 is 5.97 Å². The molecule has 1 aromatic heterocycles. The van der Waals surface area contributed by atoms with Crippen LogP contribution in [0.4, 0.5) is 5.69 Å². The van der Waals surface area contributed by atoms with Gasteiger partial charge in [-0.3, -0.25) is 4.68 Å². The average Bonchev–Trinajstić information content (AvgIpc) is 2.74. The molecule has 1 aromatic carbocycles. The lowest BCUT2D eigenvalue weighted by molar-refractivity contribution is 0.0519. The number of esters is 1. The van der Waals surface area contributed by atoms with Crippen LogP contribution in [0.1, 0.15) is 23.0 Å². The molecule has 0 spiro atoms. The Bertz CT molecular complexity index is 595. The Kier molecular flexibility index (Phi) is 4.21. The van der Waals surface area contributed by atoms with E-state index >= 15 is 0 Å². The molecule has 5 nitrogen and oxygen atoms in total. The van der Waals surface area contributed by atoms with E-state index in [9.17, 15) is 4.79 Å². The fraction of sp³-hybridized carbons (Fsp3) is 0.231. The molecule has 100 valence electrons. The summed E-state index contributed by atoms with van der Waals surface area (Å²) in [6.07, 6.45) is 1.63. The minimum atomic E-state index is -0.495. The summed E-state index contributed by atoms with van der Waals surface area (Å²) in [5.74, 6) is -0.495. The molecule has 0 saturated heterocycles. The van der Waals surface area contributed by atoms with Crippen molar-refractivity contribution in [2.45, 2.75) is 13.5 Å². The lowest BCUT2D eigenvalue weighted by atomic mass is 10.2. The van der Waals surface area contributed by atoms with E-state index in [4.69, 9.17) is 10.5 Å². The van der Waals surface area contributed by atoms with E-state index in [1.54, 1.807) is 17.8 Å². The van der Waals surface area contributed by atoms with Gasteiger partial charge in [-0.2, -0.15) is 5.10 Å². The summed E-state index contributed by atoms with van der Waals surface area (Å²) < 4.78 is 7.51. The highest BCUT2D eigenvalue weighted by molar-refractivity contribution is 9.10. The molecule has 0 aliphatic carbocycles. The first-order valence-electron chi connectivity index (χ1n) is 5.85. The predicted molar refractivity (Wildman–Crippen MR) is 75.8 cm³/mol. The van der Waals surface area contributed by atoms with Crippen molar-refractivity contribution in [3.63, 3.8) is 0 Å². The fourth-order valence-corrected chi connectivity index (χ4v) is 2.09. The number of benzene rings is 1. The van der Waals surface area contributed by atoms with Gasteiger partial charge in [0.25, 0.3) is 0 Å². The molecule has 19 heavy (non-hydrogen) atoms. The first kappa shape index (κ1) is 13.6. The molecular formula is C13H14BrN3O2. The summed E-state index contributed by atoms with van der Waals surface area (Å²) in [5.41, 5.74) is 7.31. The molecule has 6 heteroatoms. The van der Waals surface area contributed by atoms with Crippen molar-refractivity contribution in [1.82, 2.24) is 9.78 Å². The number of hydrogen-bond acceptors (Lipinski definition) is 4. The number of ether oxygens (including phenoxy) is 1. The first-order chi connectivity index (χ1) is 9.11. The van der Waals surface area contributed by atoms with Gasteiger partial charge in [-0.05, 0) is 18.6 Å². The van der Waals surface area contributed by atoms with Crippen LogP contribution in [0.5, 0.6) is 0 Å². The summed E-state index contributed by atoms with van der Waals surface area (Å²) in [7, 11) is 0. The molecule has 0 unspecified atom stereocenters. The smallest absolute Gasteiger partial charge is 0.361 e. The zero-order chi connectivity index (χ0) is 13.8. The summed E-state index contributed by atoms with van der Waals surface area (Å²) in [6, 6.07) is 7.81. The summed E-state index contributed by atoms with van der Waals surface area (Å²) in [5, 5.41) is 4.16. The molecule has 1 heterocycles. The van der Waals surface area contributed by atoms with Crippen LogP contribution in [0, 0.1) is 0 Å². The number of nitrogens with two attached hydrogens (primary N) is 1. The van der Waals surface area contributed by atoms with E-state index in [2.05, 4.69) is 21.0 Å². The third-order valence-corrected chi connectivity index (χ3v) is 3.32. The Hall–Kier alpha value is -1.82. The van der Waals surface area contributed by atoms with E-state index in [1.807, 2.05) is 24.3 Å². The van der Waals surface area contributed by atoms with Crippen LogP contribution < -0.4 is 5.73 Å². The van der Waals surface area contributed by atoms with Crippen molar-refractivity contribution in [1.29, 1.82) is 0 Å². The molecule has 0 fully saturated rings. The largest absolute Gasteiger partial charge is 0.461 e. The average molecular weight is 324 g/mol. The summed E-state index contributed by atoms with van der Waals surface area (Å²) >= 11 is 3.47. The quantitative estimate of drug-likeness (QED) is 0.877. The molecule has 2 rings (SSSR count). The Morgan fingerprint density at radius 1 is 1.47 bits per heavy atom. The van der Waals surface area contributed by atoms with E-state index in [-0.39, 0.29) is 5.69 Å². The number of aromatic nitrogens is 2. The summed E-state index contributed by atoms with van der Waals surface area (Å²) in [4.78, 5) is 11.6. The minimum Gasteiger partial charge on any atom is -0.461 e. The van der Waals surface area contributed by atoms with Crippen molar-refractivity contribution >= 4 is 27.6 Å². The third kappa shape index (κ3) is 3.14. The van der Waals surface area contributed by atoms with Crippen LogP contribution in [0.3, 0.4) is 0 Å². The molecule has 2 aromatic rings. The molecule has 0 saturated carbocycles. The van der Waals surface area contributed by atoms with Crippen LogP contribution in [-0.2, 0) is 11.3 Å². The van der Waals surface area contributed by atoms with Crippen molar-refractivity contribution < 1.29 is 9.53 Å². The van der Waals surface area contributed by atoms with E-state index in [1.165, 1.54) is 0 Å². The molecular weight excluding hydrogens is 310 g/mol. The Morgan fingerprint density at radius 3 is 2.89 bits per heavy atom. The number of nitrogens with zero attached hydrogens (tertiary/aromatic N) is 2. The molecule has 0 radical (unpaired) electrons. The maximum Gasteiger partial charge on any atom is 0.361 e. The number of halogens is 1. The van der Waals surface area contributed by atoms with E-state index in [0.717, 1.165) is 10.0 Å². The van der Waals surface area contributed by atoms with Crippen LogP contribution in [0.15, 0.2) is 34.9 Å². The van der Waals surface area contributed by atoms with Crippen molar-refractivity contribution in [2.75, 3.05) is 12.3 Å². The maximum absolute atomic E-state index is 11.6. The van der Waals surface area contributed by atoms with Gasteiger partial charge in [0, 0.05) is 10.7 Å². The Balaban J connectivity index is 2.21. The number of anilines is 1. The normalized spacial score (nSPS) is 10.4.